The number of hydrogen-bond acceptors (Lipinski definition) is 1. The molecule has 0 bridgehead atoms. The average Bonchev–Trinajstić information content (AvgIpc) is 2.86. The van der Waals surface area contributed by atoms with Gasteiger partial charge in [0.2, 0.25) is 5.91 Å². The van der Waals surface area contributed by atoms with E-state index in [0.717, 1.165) is 34.1 Å². The van der Waals surface area contributed by atoms with Crippen molar-refractivity contribution in [2.24, 2.45) is 11.7 Å². The number of rotatable bonds is 5. The van der Waals surface area contributed by atoms with Crippen LogP contribution in [0.1, 0.15) is 19.4 Å². The Morgan fingerprint density at radius 3 is 2.52 bits per heavy atom. The maximum absolute atomic E-state index is 13.4. The normalized spacial score (nSPS) is 11.4. The van der Waals surface area contributed by atoms with Gasteiger partial charge >= 0.3 is 0 Å². The largest absolute Gasteiger partial charge is 0.369 e. The third-order valence-corrected chi connectivity index (χ3v) is 4.43. The number of nitrogens with two attached hydrogens (primary N) is 1. The highest BCUT2D eigenvalue weighted by Crippen LogP contribution is 2.30. The molecule has 0 aliphatic rings. The molecule has 1 amide bonds. The van der Waals surface area contributed by atoms with Crippen molar-refractivity contribution in [3.63, 3.8) is 0 Å². The van der Waals surface area contributed by atoms with Gasteiger partial charge in [-0.15, -0.1) is 0 Å². The Kier molecular flexibility index (Phi) is 4.82. The van der Waals surface area contributed by atoms with E-state index in [1.807, 2.05) is 24.4 Å². The zero-order valence-corrected chi connectivity index (χ0v) is 15.0. The van der Waals surface area contributed by atoms with Crippen LogP contribution in [0.2, 0.25) is 5.02 Å². The summed E-state index contributed by atoms with van der Waals surface area (Å²) in [4.78, 5) is 11.4. The molecular weight excluding hydrogens is 339 g/mol. The van der Waals surface area contributed by atoms with E-state index in [-0.39, 0.29) is 17.4 Å². The lowest BCUT2D eigenvalue weighted by atomic mass is 10.0. The SMILES string of the molecule is CC(C)Cn1cc(CC(N)=O)c2cc(-c3ccc(F)c(Cl)c3)ccc21. The van der Waals surface area contributed by atoms with Crippen LogP contribution in [0.4, 0.5) is 4.39 Å². The van der Waals surface area contributed by atoms with E-state index in [4.69, 9.17) is 17.3 Å². The van der Waals surface area contributed by atoms with E-state index < -0.39 is 5.82 Å². The van der Waals surface area contributed by atoms with Gasteiger partial charge in [-0.3, -0.25) is 4.79 Å². The quantitative estimate of drug-likeness (QED) is 0.700. The van der Waals surface area contributed by atoms with E-state index in [9.17, 15) is 9.18 Å². The molecule has 3 aromatic rings. The third-order valence-electron chi connectivity index (χ3n) is 4.14. The molecule has 1 aromatic heterocycles. The zero-order chi connectivity index (χ0) is 18.1. The molecule has 3 rings (SSSR count). The first-order chi connectivity index (χ1) is 11.8. The molecular formula is C20H20ClFN2O. The fourth-order valence-electron chi connectivity index (χ4n) is 3.10. The monoisotopic (exact) mass is 358 g/mol. The van der Waals surface area contributed by atoms with Crippen molar-refractivity contribution < 1.29 is 9.18 Å². The Labute approximate surface area is 151 Å². The summed E-state index contributed by atoms with van der Waals surface area (Å²) >= 11 is 5.90. The number of nitrogens with zero attached hydrogens (tertiary/aromatic N) is 1. The van der Waals surface area contributed by atoms with Gasteiger partial charge in [-0.1, -0.05) is 37.6 Å². The summed E-state index contributed by atoms with van der Waals surface area (Å²) in [6.07, 6.45) is 2.19. The Balaban J connectivity index is 2.14. The molecule has 0 spiro atoms. The summed E-state index contributed by atoms with van der Waals surface area (Å²) < 4.78 is 15.6. The van der Waals surface area contributed by atoms with Gasteiger partial charge in [-0.25, -0.2) is 4.39 Å². The lowest BCUT2D eigenvalue weighted by Gasteiger charge is -2.09. The molecule has 0 radical (unpaired) electrons. The van der Waals surface area contributed by atoms with E-state index in [1.54, 1.807) is 12.1 Å². The lowest BCUT2D eigenvalue weighted by molar-refractivity contribution is -0.117. The third kappa shape index (κ3) is 3.69. The number of hydrogen-bond donors (Lipinski definition) is 1. The highest BCUT2D eigenvalue weighted by Gasteiger charge is 2.13. The summed E-state index contributed by atoms with van der Waals surface area (Å²) in [6, 6.07) is 10.7. The molecule has 2 N–H and O–H groups in total. The number of carbonyl (C=O) groups is 1. The number of amides is 1. The van der Waals surface area contributed by atoms with Crippen LogP contribution in [-0.2, 0) is 17.8 Å². The van der Waals surface area contributed by atoms with Crippen LogP contribution >= 0.6 is 11.6 Å². The van der Waals surface area contributed by atoms with Crippen LogP contribution in [0.5, 0.6) is 0 Å². The molecule has 0 saturated carbocycles. The highest BCUT2D eigenvalue weighted by molar-refractivity contribution is 6.31. The van der Waals surface area contributed by atoms with Gasteiger partial charge in [0.25, 0.3) is 0 Å². The Morgan fingerprint density at radius 1 is 1.20 bits per heavy atom. The van der Waals surface area contributed by atoms with Crippen LogP contribution in [-0.4, -0.2) is 10.5 Å². The molecule has 3 nitrogen and oxygen atoms in total. The van der Waals surface area contributed by atoms with Crippen molar-refractivity contribution in [2.45, 2.75) is 26.8 Å². The van der Waals surface area contributed by atoms with E-state index >= 15 is 0 Å². The standard InChI is InChI=1S/C20H20ClFN2O/c1-12(2)10-24-11-15(9-20(23)25)16-7-13(4-6-19(16)24)14-3-5-18(22)17(21)8-14/h3-8,11-12H,9-10H2,1-2H3,(H2,23,25). The molecule has 130 valence electrons. The Hall–Kier alpha value is -2.33. The minimum Gasteiger partial charge on any atom is -0.369 e. The van der Waals surface area contributed by atoms with Crippen LogP contribution in [0.15, 0.2) is 42.6 Å². The molecule has 2 aromatic carbocycles. The summed E-state index contributed by atoms with van der Waals surface area (Å²) in [5.41, 5.74) is 9.11. The van der Waals surface area contributed by atoms with Crippen LogP contribution < -0.4 is 5.73 Å². The second kappa shape index (κ2) is 6.89. The van der Waals surface area contributed by atoms with Crippen LogP contribution in [0, 0.1) is 11.7 Å². The first-order valence-corrected chi connectivity index (χ1v) is 8.58. The summed E-state index contributed by atoms with van der Waals surface area (Å²) in [7, 11) is 0. The fraction of sp³-hybridized carbons (Fsp3) is 0.250. The molecule has 0 aliphatic carbocycles. The lowest BCUT2D eigenvalue weighted by Crippen LogP contribution is -2.13. The topological polar surface area (TPSA) is 48.0 Å². The number of fused-ring (bicyclic) bond motifs is 1. The number of primary amides is 1. The second-order valence-electron chi connectivity index (χ2n) is 6.70. The first kappa shape index (κ1) is 17.5. The van der Waals surface area contributed by atoms with Gasteiger partial charge in [0.15, 0.2) is 0 Å². The van der Waals surface area contributed by atoms with Gasteiger partial charge in [0, 0.05) is 23.6 Å². The summed E-state index contributed by atoms with van der Waals surface area (Å²) in [5, 5.41) is 1.07. The molecule has 0 atom stereocenters. The van der Waals surface area contributed by atoms with Crippen molar-refractivity contribution in [3.8, 4) is 11.1 Å². The van der Waals surface area contributed by atoms with Crippen molar-refractivity contribution in [1.29, 1.82) is 0 Å². The minimum absolute atomic E-state index is 0.0901. The maximum Gasteiger partial charge on any atom is 0.221 e. The predicted molar refractivity (Wildman–Crippen MR) is 100 cm³/mol. The zero-order valence-electron chi connectivity index (χ0n) is 14.2. The average molecular weight is 359 g/mol. The molecule has 0 unspecified atom stereocenters. The summed E-state index contributed by atoms with van der Waals surface area (Å²) in [6.45, 7) is 5.15. The highest BCUT2D eigenvalue weighted by atomic mass is 35.5. The Bertz CT molecular complexity index is 946. The van der Waals surface area contributed by atoms with Crippen molar-refractivity contribution in [3.05, 3.63) is 59.0 Å². The molecule has 1 heterocycles. The number of benzene rings is 2. The van der Waals surface area contributed by atoms with Crippen LogP contribution in [0.25, 0.3) is 22.0 Å². The van der Waals surface area contributed by atoms with Crippen LogP contribution in [0.3, 0.4) is 0 Å². The second-order valence-corrected chi connectivity index (χ2v) is 7.11. The fourth-order valence-corrected chi connectivity index (χ4v) is 3.28. The minimum atomic E-state index is -0.441. The van der Waals surface area contributed by atoms with E-state index in [2.05, 4.69) is 18.4 Å². The molecule has 0 saturated heterocycles. The Morgan fingerprint density at radius 2 is 1.88 bits per heavy atom. The van der Waals surface area contributed by atoms with E-state index in [1.165, 1.54) is 6.07 Å². The van der Waals surface area contributed by atoms with Crippen molar-refractivity contribution >= 4 is 28.4 Å². The van der Waals surface area contributed by atoms with Crippen molar-refractivity contribution in [1.82, 2.24) is 4.57 Å². The molecule has 0 aliphatic heterocycles. The van der Waals surface area contributed by atoms with Gasteiger partial charge in [0.05, 0.1) is 11.4 Å². The smallest absolute Gasteiger partial charge is 0.221 e. The molecule has 25 heavy (non-hydrogen) atoms. The maximum atomic E-state index is 13.4. The molecule has 0 fully saturated rings. The van der Waals surface area contributed by atoms with E-state index in [0.29, 0.717) is 5.92 Å². The van der Waals surface area contributed by atoms with Gasteiger partial charge in [-0.2, -0.15) is 0 Å². The number of halogens is 2. The number of carbonyl (C=O) groups excluding carboxylic acids is 1. The number of aromatic nitrogens is 1. The summed E-state index contributed by atoms with van der Waals surface area (Å²) in [5.74, 6) is -0.324. The van der Waals surface area contributed by atoms with Crippen molar-refractivity contribution in [2.75, 3.05) is 0 Å². The first-order valence-electron chi connectivity index (χ1n) is 8.20. The predicted octanol–water partition coefficient (Wildman–Crippen LogP) is 4.78. The van der Waals surface area contributed by atoms with Gasteiger partial charge in [-0.05, 0) is 46.9 Å². The van der Waals surface area contributed by atoms with Gasteiger partial charge in [0.1, 0.15) is 5.82 Å². The molecule has 5 heteroatoms. The van der Waals surface area contributed by atoms with Gasteiger partial charge < -0.3 is 10.3 Å².